The van der Waals surface area contributed by atoms with Crippen LogP contribution in [0.2, 0.25) is 0 Å². The number of unbranched alkanes of at least 4 members (excludes halogenated alkanes) is 1. The van der Waals surface area contributed by atoms with Crippen molar-refractivity contribution in [2.75, 3.05) is 25.9 Å². The first-order chi connectivity index (χ1) is 15.9. The third kappa shape index (κ3) is 6.17. The van der Waals surface area contributed by atoms with Crippen LogP contribution in [0.15, 0.2) is 63.5 Å². The predicted octanol–water partition coefficient (Wildman–Crippen LogP) is 5.76. The predicted molar refractivity (Wildman–Crippen MR) is 135 cm³/mol. The number of hydrogen-bond acceptors (Lipinski definition) is 6. The van der Waals surface area contributed by atoms with E-state index in [0.29, 0.717) is 28.7 Å². The molecule has 0 aliphatic carbocycles. The molecule has 176 valence electrons. The average molecular weight is 451 g/mol. The maximum absolute atomic E-state index is 12.5. The van der Waals surface area contributed by atoms with Crippen LogP contribution in [0.4, 0.5) is 5.69 Å². The molecule has 0 radical (unpaired) electrons. The highest BCUT2D eigenvalue weighted by atomic mass is 16.5. The number of benzene rings is 2. The largest absolute Gasteiger partial charge is 0.512 e. The number of ether oxygens (including phenoxy) is 1. The molecule has 0 saturated carbocycles. The first kappa shape index (κ1) is 24.4. The van der Waals surface area contributed by atoms with Gasteiger partial charge in [0.2, 0.25) is 0 Å². The maximum Gasteiger partial charge on any atom is 0.346 e. The van der Waals surface area contributed by atoms with Crippen LogP contribution >= 0.6 is 0 Å². The molecule has 0 atom stereocenters. The molecule has 0 amide bonds. The van der Waals surface area contributed by atoms with E-state index >= 15 is 0 Å². The molecular weight excluding hydrogens is 416 g/mol. The van der Waals surface area contributed by atoms with Crippen molar-refractivity contribution in [3.8, 4) is 5.75 Å². The fourth-order valence-corrected chi connectivity index (χ4v) is 4.01. The van der Waals surface area contributed by atoms with E-state index in [1.54, 1.807) is 26.2 Å². The molecule has 3 rings (SSSR count). The zero-order chi connectivity index (χ0) is 23.8. The van der Waals surface area contributed by atoms with Crippen LogP contribution in [0, 0.1) is 0 Å². The molecule has 3 N–H and O–H groups in total. The number of nitrogen functional groups attached to an aromatic ring is 1. The minimum atomic E-state index is -0.530. The zero-order valence-electron chi connectivity index (χ0n) is 19.8. The Morgan fingerprint density at radius 1 is 1.12 bits per heavy atom. The number of aliphatic hydroxyl groups is 1. The Bertz CT molecular complexity index is 1170. The first-order valence-electron chi connectivity index (χ1n) is 11.5. The number of nitrogens with zero attached hydrogens (tertiary/aromatic N) is 1. The molecule has 0 spiro atoms. The SMILES string of the molecule is CCCCN(CCC/C(O)=C(\C)c1c(N)c2ccccc2oc1=O)Cc1cccc(OC)c1. The molecule has 2 aromatic carbocycles. The van der Waals surface area contributed by atoms with Gasteiger partial charge in [0.1, 0.15) is 11.3 Å². The van der Waals surface area contributed by atoms with Crippen molar-refractivity contribution in [3.63, 3.8) is 0 Å². The van der Waals surface area contributed by atoms with Crippen LogP contribution in [0.25, 0.3) is 16.5 Å². The Morgan fingerprint density at radius 3 is 2.64 bits per heavy atom. The second kappa shape index (κ2) is 11.6. The summed E-state index contributed by atoms with van der Waals surface area (Å²) in [5, 5.41) is 11.4. The normalized spacial score (nSPS) is 12.2. The smallest absolute Gasteiger partial charge is 0.346 e. The van der Waals surface area contributed by atoms with Crippen molar-refractivity contribution >= 4 is 22.2 Å². The Hall–Kier alpha value is -3.25. The molecule has 0 unspecified atom stereocenters. The van der Waals surface area contributed by atoms with Crippen LogP contribution in [-0.4, -0.2) is 30.2 Å². The van der Waals surface area contributed by atoms with E-state index in [0.717, 1.165) is 44.6 Å². The molecule has 6 heteroatoms. The van der Waals surface area contributed by atoms with Gasteiger partial charge in [-0.2, -0.15) is 0 Å². The van der Waals surface area contributed by atoms with E-state index < -0.39 is 5.63 Å². The highest BCUT2D eigenvalue weighted by molar-refractivity contribution is 5.94. The molecule has 0 aliphatic rings. The van der Waals surface area contributed by atoms with Gasteiger partial charge in [0.15, 0.2) is 0 Å². The lowest BCUT2D eigenvalue weighted by atomic mass is 10.0. The van der Waals surface area contributed by atoms with Gasteiger partial charge in [-0.1, -0.05) is 37.6 Å². The Morgan fingerprint density at radius 2 is 1.88 bits per heavy atom. The van der Waals surface area contributed by atoms with Crippen LogP contribution in [0.3, 0.4) is 0 Å². The number of para-hydroxylation sites is 1. The highest BCUT2D eigenvalue weighted by Gasteiger charge is 2.17. The molecule has 0 fully saturated rings. The van der Waals surface area contributed by atoms with Crippen molar-refractivity contribution in [1.82, 2.24) is 4.90 Å². The summed E-state index contributed by atoms with van der Waals surface area (Å²) in [5.41, 5.74) is 8.44. The second-order valence-corrected chi connectivity index (χ2v) is 8.33. The number of rotatable bonds is 11. The standard InChI is InChI=1S/C27H34N2O4/c1-4-5-15-29(18-20-10-8-11-21(17-20)32-3)16-9-13-23(30)19(2)25-26(28)22-12-6-7-14-24(22)33-27(25)31/h6-8,10-12,14,17,30H,4-5,9,13,15-16,18,28H2,1-3H3/b23-19-. The number of nitrogens with two attached hydrogens (primary N) is 1. The summed E-state index contributed by atoms with van der Waals surface area (Å²) in [6.45, 7) is 6.54. The zero-order valence-corrected chi connectivity index (χ0v) is 19.8. The van der Waals surface area contributed by atoms with Crippen molar-refractivity contribution in [2.45, 2.75) is 46.1 Å². The quantitative estimate of drug-likeness (QED) is 0.285. The maximum atomic E-state index is 12.5. The van der Waals surface area contributed by atoms with Crippen LogP contribution in [0.1, 0.15) is 50.7 Å². The molecule has 0 bridgehead atoms. The van der Waals surface area contributed by atoms with E-state index in [1.165, 1.54) is 5.56 Å². The van der Waals surface area contributed by atoms with Crippen LogP contribution in [0.5, 0.6) is 5.75 Å². The Balaban J connectivity index is 1.71. The third-order valence-electron chi connectivity index (χ3n) is 5.92. The molecule has 3 aromatic rings. The number of allylic oxidation sites excluding steroid dienone is 2. The molecule has 1 heterocycles. The van der Waals surface area contributed by atoms with Gasteiger partial charge in [0, 0.05) is 23.9 Å². The van der Waals surface area contributed by atoms with Gasteiger partial charge < -0.3 is 20.0 Å². The fraction of sp³-hybridized carbons (Fsp3) is 0.370. The van der Waals surface area contributed by atoms with Gasteiger partial charge in [0.25, 0.3) is 0 Å². The average Bonchev–Trinajstić information content (AvgIpc) is 2.82. The van der Waals surface area contributed by atoms with Gasteiger partial charge in [-0.25, -0.2) is 4.79 Å². The number of aliphatic hydroxyl groups excluding tert-OH is 1. The molecule has 0 saturated heterocycles. The minimum Gasteiger partial charge on any atom is -0.512 e. The van der Waals surface area contributed by atoms with Crippen molar-refractivity contribution in [2.24, 2.45) is 0 Å². The highest BCUT2D eigenvalue weighted by Crippen LogP contribution is 2.28. The molecule has 33 heavy (non-hydrogen) atoms. The molecular formula is C27H34N2O4. The summed E-state index contributed by atoms with van der Waals surface area (Å²) < 4.78 is 10.8. The van der Waals surface area contributed by atoms with Gasteiger partial charge in [-0.05, 0) is 62.7 Å². The van der Waals surface area contributed by atoms with Crippen molar-refractivity contribution in [1.29, 1.82) is 0 Å². The fourth-order valence-electron chi connectivity index (χ4n) is 4.01. The topological polar surface area (TPSA) is 88.9 Å². The Kier molecular flexibility index (Phi) is 8.55. The number of methoxy groups -OCH3 is 1. The lowest BCUT2D eigenvalue weighted by Gasteiger charge is -2.22. The van der Waals surface area contributed by atoms with Crippen molar-refractivity contribution < 1.29 is 14.3 Å². The number of anilines is 1. The summed E-state index contributed by atoms with van der Waals surface area (Å²) in [4.78, 5) is 14.9. The number of fused-ring (bicyclic) bond motifs is 1. The van der Waals surface area contributed by atoms with E-state index in [-0.39, 0.29) is 11.3 Å². The van der Waals surface area contributed by atoms with Crippen LogP contribution < -0.4 is 16.1 Å². The third-order valence-corrected chi connectivity index (χ3v) is 5.92. The summed E-state index contributed by atoms with van der Waals surface area (Å²) in [7, 11) is 1.67. The summed E-state index contributed by atoms with van der Waals surface area (Å²) in [6, 6.07) is 15.3. The number of hydrogen-bond donors (Lipinski definition) is 2. The molecule has 0 aliphatic heterocycles. The lowest BCUT2D eigenvalue weighted by molar-refractivity contribution is 0.251. The van der Waals surface area contributed by atoms with Gasteiger partial charge in [0.05, 0.1) is 24.1 Å². The first-order valence-corrected chi connectivity index (χ1v) is 11.5. The summed E-state index contributed by atoms with van der Waals surface area (Å²) >= 11 is 0. The summed E-state index contributed by atoms with van der Waals surface area (Å²) in [5.74, 6) is 1.02. The van der Waals surface area contributed by atoms with Crippen molar-refractivity contribution in [3.05, 3.63) is 75.8 Å². The van der Waals surface area contributed by atoms with Gasteiger partial charge in [-0.3, -0.25) is 4.90 Å². The van der Waals surface area contributed by atoms with Gasteiger partial charge in [-0.15, -0.1) is 0 Å². The second-order valence-electron chi connectivity index (χ2n) is 8.33. The van der Waals surface area contributed by atoms with E-state index in [4.69, 9.17) is 14.9 Å². The van der Waals surface area contributed by atoms with E-state index in [9.17, 15) is 9.90 Å². The lowest BCUT2D eigenvalue weighted by Crippen LogP contribution is -2.25. The monoisotopic (exact) mass is 450 g/mol. The minimum absolute atomic E-state index is 0.168. The molecule has 6 nitrogen and oxygen atoms in total. The molecule has 1 aromatic heterocycles. The Labute approximate surface area is 195 Å². The van der Waals surface area contributed by atoms with Gasteiger partial charge >= 0.3 is 5.63 Å². The summed E-state index contributed by atoms with van der Waals surface area (Å²) in [6.07, 6.45) is 3.45. The van der Waals surface area contributed by atoms with Crippen LogP contribution in [-0.2, 0) is 6.54 Å². The van der Waals surface area contributed by atoms with E-state index in [1.807, 2.05) is 24.3 Å². The van der Waals surface area contributed by atoms with E-state index in [2.05, 4.69) is 24.0 Å².